The van der Waals surface area contributed by atoms with Gasteiger partial charge in [0.25, 0.3) is 0 Å². The Morgan fingerprint density at radius 3 is 2.50 bits per heavy atom. The first-order valence-corrected chi connectivity index (χ1v) is 2.77. The lowest BCUT2D eigenvalue weighted by atomic mass is 10.7. The monoisotopic (exact) mass is 148 g/mol. The summed E-state index contributed by atoms with van der Waals surface area (Å²) in [6.07, 6.45) is 0. The molecule has 0 spiro atoms. The van der Waals surface area contributed by atoms with E-state index in [2.05, 4.69) is 10.6 Å². The van der Waals surface area contributed by atoms with Gasteiger partial charge in [-0.25, -0.2) is 10.1 Å². The molecular weight excluding hydrogens is 140 g/mol. The fourth-order valence-corrected chi connectivity index (χ4v) is 0.760. The van der Waals surface area contributed by atoms with E-state index in [1.165, 1.54) is 0 Å². The van der Waals surface area contributed by atoms with Crippen molar-refractivity contribution in [2.75, 3.05) is 13.1 Å². The lowest BCUT2D eigenvalue weighted by molar-refractivity contribution is -0.575. The molecule has 1 aliphatic rings. The van der Waals surface area contributed by atoms with Crippen molar-refractivity contribution in [3.05, 3.63) is 10.1 Å². The number of aliphatic hydroxyl groups is 1. The van der Waals surface area contributed by atoms with Crippen LogP contribution >= 0.6 is 0 Å². The minimum Gasteiger partial charge on any atom is -0.342 e. The first-order valence-electron chi connectivity index (χ1n) is 2.77. The SMILES string of the molecule is O=[N+]([O-])NC1(O)NCCN1. The zero-order valence-electron chi connectivity index (χ0n) is 5.13. The van der Waals surface area contributed by atoms with Gasteiger partial charge in [0, 0.05) is 13.1 Å². The maximum absolute atomic E-state index is 9.81. The van der Waals surface area contributed by atoms with Gasteiger partial charge in [0.1, 0.15) is 0 Å². The van der Waals surface area contributed by atoms with Crippen LogP contribution in [-0.4, -0.2) is 29.2 Å². The number of nitrogens with one attached hydrogen (secondary N) is 3. The van der Waals surface area contributed by atoms with Gasteiger partial charge in [-0.3, -0.25) is 10.6 Å². The quantitative estimate of drug-likeness (QED) is 0.197. The number of hydrogen-bond acceptors (Lipinski definition) is 5. The van der Waals surface area contributed by atoms with Crippen LogP contribution in [0, 0.1) is 10.1 Å². The average Bonchev–Trinajstić information content (AvgIpc) is 2.12. The molecule has 1 heterocycles. The van der Waals surface area contributed by atoms with E-state index in [4.69, 9.17) is 5.11 Å². The van der Waals surface area contributed by atoms with E-state index in [9.17, 15) is 10.1 Å². The maximum Gasteiger partial charge on any atom is 0.308 e. The first kappa shape index (κ1) is 7.19. The van der Waals surface area contributed by atoms with Crippen molar-refractivity contribution in [1.82, 2.24) is 16.1 Å². The van der Waals surface area contributed by atoms with E-state index < -0.39 is 11.0 Å². The van der Waals surface area contributed by atoms with Crippen LogP contribution in [0.4, 0.5) is 0 Å². The van der Waals surface area contributed by atoms with E-state index in [1.807, 2.05) is 0 Å². The average molecular weight is 148 g/mol. The fourth-order valence-electron chi connectivity index (χ4n) is 0.760. The van der Waals surface area contributed by atoms with Gasteiger partial charge >= 0.3 is 5.97 Å². The molecule has 1 saturated heterocycles. The summed E-state index contributed by atoms with van der Waals surface area (Å²) in [5, 5.41) is 23.0. The van der Waals surface area contributed by atoms with Crippen molar-refractivity contribution in [2.45, 2.75) is 5.97 Å². The zero-order valence-corrected chi connectivity index (χ0v) is 5.13. The Balaban J connectivity index is 2.43. The number of hydrazine groups is 1. The van der Waals surface area contributed by atoms with Gasteiger partial charge in [0.05, 0.1) is 0 Å². The summed E-state index contributed by atoms with van der Waals surface area (Å²) < 4.78 is 0. The third kappa shape index (κ3) is 1.53. The van der Waals surface area contributed by atoms with Crippen molar-refractivity contribution in [2.24, 2.45) is 0 Å². The van der Waals surface area contributed by atoms with E-state index in [0.717, 1.165) is 0 Å². The molecule has 10 heavy (non-hydrogen) atoms. The standard InChI is InChI=1S/C3H8N4O3/c8-3(6-7(9)10)4-1-2-5-3/h4-6,8H,1-2H2. The highest BCUT2D eigenvalue weighted by atomic mass is 16.7. The summed E-state index contributed by atoms with van der Waals surface area (Å²) in [4.78, 5) is 9.81. The molecule has 0 aromatic carbocycles. The molecule has 1 rings (SSSR count). The summed E-state index contributed by atoms with van der Waals surface area (Å²) in [5.74, 6) is -1.73. The molecule has 0 unspecified atom stereocenters. The molecule has 0 amide bonds. The largest absolute Gasteiger partial charge is 0.342 e. The van der Waals surface area contributed by atoms with Crippen LogP contribution in [0.5, 0.6) is 0 Å². The Morgan fingerprint density at radius 1 is 1.60 bits per heavy atom. The third-order valence-corrected chi connectivity index (χ3v) is 1.14. The molecule has 0 saturated carbocycles. The summed E-state index contributed by atoms with van der Waals surface area (Å²) in [6, 6.07) is 0. The van der Waals surface area contributed by atoms with Crippen LogP contribution in [0.15, 0.2) is 0 Å². The highest BCUT2D eigenvalue weighted by Crippen LogP contribution is 1.92. The van der Waals surface area contributed by atoms with Crippen LogP contribution < -0.4 is 16.1 Å². The lowest BCUT2D eigenvalue weighted by Crippen LogP contribution is -2.62. The summed E-state index contributed by atoms with van der Waals surface area (Å²) >= 11 is 0. The number of nitrogens with zero attached hydrogens (tertiary/aromatic N) is 1. The Labute approximate surface area is 56.5 Å². The molecule has 4 N–H and O–H groups in total. The topological polar surface area (TPSA) is 99.5 Å². The van der Waals surface area contributed by atoms with Crippen molar-refractivity contribution in [3.8, 4) is 0 Å². The van der Waals surface area contributed by atoms with E-state index in [-0.39, 0.29) is 0 Å². The molecule has 7 heteroatoms. The Morgan fingerprint density at radius 2 is 2.10 bits per heavy atom. The van der Waals surface area contributed by atoms with Crippen LogP contribution in [0.3, 0.4) is 0 Å². The second kappa shape index (κ2) is 2.37. The summed E-state index contributed by atoms with van der Waals surface area (Å²) in [6.45, 7) is 0.995. The number of hydrogen-bond donors (Lipinski definition) is 4. The van der Waals surface area contributed by atoms with Gasteiger partial charge in [0.15, 0.2) is 5.03 Å². The highest BCUT2D eigenvalue weighted by molar-refractivity contribution is 4.74. The molecule has 7 nitrogen and oxygen atoms in total. The minimum absolute atomic E-state index is 0.497. The fraction of sp³-hybridized carbons (Fsp3) is 1.00. The predicted octanol–water partition coefficient (Wildman–Crippen LogP) is -2.44. The van der Waals surface area contributed by atoms with E-state index in [0.29, 0.717) is 13.1 Å². The van der Waals surface area contributed by atoms with Crippen LogP contribution in [-0.2, 0) is 0 Å². The van der Waals surface area contributed by atoms with E-state index >= 15 is 0 Å². The molecule has 0 aromatic heterocycles. The molecule has 0 aliphatic carbocycles. The molecule has 0 radical (unpaired) electrons. The smallest absolute Gasteiger partial charge is 0.308 e. The molecule has 0 aromatic rings. The van der Waals surface area contributed by atoms with Crippen LogP contribution in [0.25, 0.3) is 0 Å². The Hall–Kier alpha value is -0.920. The molecule has 58 valence electrons. The second-order valence-corrected chi connectivity index (χ2v) is 1.93. The van der Waals surface area contributed by atoms with Gasteiger partial charge in [0.2, 0.25) is 0 Å². The van der Waals surface area contributed by atoms with Crippen molar-refractivity contribution in [1.29, 1.82) is 0 Å². The zero-order chi connectivity index (χ0) is 7.61. The van der Waals surface area contributed by atoms with Crippen LogP contribution in [0.2, 0.25) is 0 Å². The van der Waals surface area contributed by atoms with Crippen LogP contribution in [0.1, 0.15) is 0 Å². The first-order chi connectivity index (χ1) is 4.62. The molecule has 0 bridgehead atoms. The van der Waals surface area contributed by atoms with Gasteiger partial charge in [-0.2, -0.15) is 0 Å². The molecule has 0 atom stereocenters. The third-order valence-electron chi connectivity index (χ3n) is 1.14. The molecule has 1 fully saturated rings. The van der Waals surface area contributed by atoms with Gasteiger partial charge < -0.3 is 5.11 Å². The van der Waals surface area contributed by atoms with E-state index in [1.54, 1.807) is 5.43 Å². The summed E-state index contributed by atoms with van der Waals surface area (Å²) in [5.41, 5.74) is 1.67. The lowest BCUT2D eigenvalue weighted by Gasteiger charge is -2.17. The molecular formula is C3H8N4O3. The van der Waals surface area contributed by atoms with Gasteiger partial charge in [-0.05, 0) is 0 Å². The normalized spacial score (nSPS) is 22.5. The Kier molecular flexibility index (Phi) is 1.70. The van der Waals surface area contributed by atoms with Crippen molar-refractivity contribution < 1.29 is 10.1 Å². The summed E-state index contributed by atoms with van der Waals surface area (Å²) in [7, 11) is 0. The number of rotatable bonds is 2. The highest BCUT2D eigenvalue weighted by Gasteiger charge is 2.34. The second-order valence-electron chi connectivity index (χ2n) is 1.93. The maximum atomic E-state index is 9.81. The van der Waals surface area contributed by atoms with Gasteiger partial charge in [-0.1, -0.05) is 5.43 Å². The molecule has 1 aliphatic heterocycles. The Bertz CT molecular complexity index is 143. The number of nitro groups is 1. The van der Waals surface area contributed by atoms with Crippen molar-refractivity contribution >= 4 is 0 Å². The predicted molar refractivity (Wildman–Crippen MR) is 31.1 cm³/mol. The van der Waals surface area contributed by atoms with Crippen molar-refractivity contribution in [3.63, 3.8) is 0 Å². The minimum atomic E-state index is -1.73. The van der Waals surface area contributed by atoms with Gasteiger partial charge in [-0.15, -0.1) is 0 Å².